The summed E-state index contributed by atoms with van der Waals surface area (Å²) in [6.45, 7) is 2.71. The summed E-state index contributed by atoms with van der Waals surface area (Å²) in [6.07, 6.45) is 2.03. The average Bonchev–Trinajstić information content (AvgIpc) is 2.96. The normalized spacial score (nSPS) is 10.8. The lowest BCUT2D eigenvalue weighted by Gasteiger charge is -1.94. The van der Waals surface area contributed by atoms with Gasteiger partial charge in [-0.1, -0.05) is 24.7 Å². The number of methoxy groups -OCH3 is 1. The number of anilines is 1. The van der Waals surface area contributed by atoms with E-state index >= 15 is 0 Å². The van der Waals surface area contributed by atoms with Gasteiger partial charge in [-0.05, 0) is 6.42 Å². The lowest BCUT2D eigenvalue weighted by Crippen LogP contribution is -1.89. The maximum atomic E-state index is 5.14. The second kappa shape index (κ2) is 6.21. The quantitative estimate of drug-likeness (QED) is 0.884. The first-order valence-corrected chi connectivity index (χ1v) is 7.41. The predicted octanol–water partition coefficient (Wildman–Crippen LogP) is 2.80. The molecule has 0 bridgehead atoms. The fourth-order valence-corrected chi connectivity index (χ4v) is 3.45. The topological polar surface area (TPSA) is 59.9 Å². The summed E-state index contributed by atoms with van der Waals surface area (Å²) in [5.41, 5.74) is 1.10. The van der Waals surface area contributed by atoms with Gasteiger partial charge in [0.2, 0.25) is 5.13 Å². The van der Waals surface area contributed by atoms with Crippen LogP contribution in [0.4, 0.5) is 5.13 Å². The number of nitrogens with one attached hydrogen (secondary N) is 1. The SMILES string of the molecule is CCCc1nc(COC)sc1-c1nnc(NC)s1. The Hall–Kier alpha value is -1.05. The molecule has 0 fully saturated rings. The number of thiazole rings is 1. The van der Waals surface area contributed by atoms with Gasteiger partial charge in [-0.25, -0.2) is 4.98 Å². The van der Waals surface area contributed by atoms with E-state index in [0.717, 1.165) is 38.6 Å². The Morgan fingerprint density at radius 3 is 2.72 bits per heavy atom. The van der Waals surface area contributed by atoms with Crippen LogP contribution >= 0.6 is 22.7 Å². The molecule has 2 aromatic rings. The van der Waals surface area contributed by atoms with Crippen molar-refractivity contribution in [1.82, 2.24) is 15.2 Å². The maximum absolute atomic E-state index is 5.14. The Bertz CT molecular complexity index is 509. The minimum atomic E-state index is 0.555. The van der Waals surface area contributed by atoms with E-state index in [4.69, 9.17) is 4.74 Å². The largest absolute Gasteiger partial charge is 0.378 e. The van der Waals surface area contributed by atoms with Crippen LogP contribution in [0.1, 0.15) is 24.0 Å². The van der Waals surface area contributed by atoms with Gasteiger partial charge in [0.1, 0.15) is 5.01 Å². The van der Waals surface area contributed by atoms with Crippen LogP contribution in [0.5, 0.6) is 0 Å². The van der Waals surface area contributed by atoms with Crippen molar-refractivity contribution in [2.24, 2.45) is 0 Å². The van der Waals surface area contributed by atoms with Gasteiger partial charge in [-0.15, -0.1) is 21.5 Å². The van der Waals surface area contributed by atoms with Gasteiger partial charge >= 0.3 is 0 Å². The number of aryl methyl sites for hydroxylation is 1. The van der Waals surface area contributed by atoms with Crippen LogP contribution in [0.25, 0.3) is 9.88 Å². The highest BCUT2D eigenvalue weighted by Crippen LogP contribution is 2.34. The van der Waals surface area contributed by atoms with Crippen molar-refractivity contribution >= 4 is 27.8 Å². The highest BCUT2D eigenvalue weighted by molar-refractivity contribution is 7.23. The molecule has 0 spiro atoms. The van der Waals surface area contributed by atoms with E-state index < -0.39 is 0 Å². The van der Waals surface area contributed by atoms with Crippen molar-refractivity contribution < 1.29 is 4.74 Å². The van der Waals surface area contributed by atoms with Crippen molar-refractivity contribution in [2.45, 2.75) is 26.4 Å². The molecule has 0 saturated heterocycles. The molecule has 0 atom stereocenters. The van der Waals surface area contributed by atoms with Crippen LogP contribution in [0, 0.1) is 0 Å². The number of ether oxygens (including phenoxy) is 1. The molecule has 0 aliphatic carbocycles. The van der Waals surface area contributed by atoms with Gasteiger partial charge < -0.3 is 10.1 Å². The third-order valence-electron chi connectivity index (χ3n) is 2.33. The van der Waals surface area contributed by atoms with Crippen LogP contribution in [0.2, 0.25) is 0 Å². The summed E-state index contributed by atoms with van der Waals surface area (Å²) in [4.78, 5) is 5.74. The van der Waals surface area contributed by atoms with Gasteiger partial charge in [-0.3, -0.25) is 0 Å². The first-order chi connectivity index (χ1) is 8.78. The third-order valence-corrected chi connectivity index (χ3v) is 4.49. The number of hydrogen-bond donors (Lipinski definition) is 1. The monoisotopic (exact) mass is 284 g/mol. The molecule has 0 radical (unpaired) electrons. The summed E-state index contributed by atoms with van der Waals surface area (Å²) >= 11 is 3.20. The smallest absolute Gasteiger partial charge is 0.205 e. The standard InChI is InChI=1S/C11H16N4OS2/c1-4-5-7-9(17-8(13-7)6-16-3)10-14-15-11(12-2)18-10/h4-6H2,1-3H3,(H,12,15). The van der Waals surface area contributed by atoms with Crippen LogP contribution in [0.3, 0.4) is 0 Å². The molecule has 0 unspecified atom stereocenters. The molecule has 2 rings (SSSR count). The molecule has 5 nitrogen and oxygen atoms in total. The van der Waals surface area contributed by atoms with Crippen molar-refractivity contribution in [3.8, 4) is 9.88 Å². The van der Waals surface area contributed by atoms with Gasteiger partial charge in [-0.2, -0.15) is 0 Å². The fourth-order valence-electron chi connectivity index (χ4n) is 1.58. The summed E-state index contributed by atoms with van der Waals surface area (Å²) < 4.78 is 5.14. The third kappa shape index (κ3) is 2.85. The molecular formula is C11H16N4OS2. The molecule has 7 heteroatoms. The number of rotatable bonds is 6. The predicted molar refractivity (Wildman–Crippen MR) is 75.3 cm³/mol. The van der Waals surface area contributed by atoms with Gasteiger partial charge in [0, 0.05) is 14.2 Å². The van der Waals surface area contributed by atoms with E-state index in [1.54, 1.807) is 29.8 Å². The molecule has 0 aliphatic rings. The van der Waals surface area contributed by atoms with Crippen molar-refractivity contribution in [2.75, 3.05) is 19.5 Å². The fraction of sp³-hybridized carbons (Fsp3) is 0.545. The zero-order valence-corrected chi connectivity index (χ0v) is 12.3. The summed E-state index contributed by atoms with van der Waals surface area (Å²) in [6, 6.07) is 0. The minimum absolute atomic E-state index is 0.555. The van der Waals surface area contributed by atoms with Crippen LogP contribution in [-0.2, 0) is 17.8 Å². The van der Waals surface area contributed by atoms with Crippen molar-refractivity contribution in [3.63, 3.8) is 0 Å². The molecule has 2 aromatic heterocycles. The Morgan fingerprint density at radius 1 is 1.28 bits per heavy atom. The first kappa shape index (κ1) is 13.4. The molecule has 1 N–H and O–H groups in total. The highest BCUT2D eigenvalue weighted by Gasteiger charge is 2.16. The van der Waals surface area contributed by atoms with E-state index in [1.165, 1.54) is 0 Å². The Kier molecular flexibility index (Phi) is 4.62. The average molecular weight is 284 g/mol. The van der Waals surface area contributed by atoms with E-state index in [9.17, 15) is 0 Å². The first-order valence-electron chi connectivity index (χ1n) is 5.77. The maximum Gasteiger partial charge on any atom is 0.205 e. The summed E-state index contributed by atoms with van der Waals surface area (Å²) in [5, 5.41) is 14.0. The molecule has 98 valence electrons. The zero-order chi connectivity index (χ0) is 13.0. The van der Waals surface area contributed by atoms with E-state index in [-0.39, 0.29) is 0 Å². The zero-order valence-electron chi connectivity index (χ0n) is 10.7. The number of aromatic nitrogens is 3. The molecule has 0 saturated carbocycles. The van der Waals surface area contributed by atoms with Gasteiger partial charge in [0.05, 0.1) is 17.2 Å². The van der Waals surface area contributed by atoms with Crippen molar-refractivity contribution in [1.29, 1.82) is 0 Å². The molecule has 0 aromatic carbocycles. The minimum Gasteiger partial charge on any atom is -0.378 e. The number of hydrogen-bond acceptors (Lipinski definition) is 7. The Balaban J connectivity index is 2.34. The molecular weight excluding hydrogens is 268 g/mol. The second-order valence-corrected chi connectivity index (χ2v) is 5.79. The van der Waals surface area contributed by atoms with Crippen LogP contribution in [0.15, 0.2) is 0 Å². The highest BCUT2D eigenvalue weighted by atomic mass is 32.1. The lowest BCUT2D eigenvalue weighted by atomic mass is 10.2. The van der Waals surface area contributed by atoms with E-state index in [0.29, 0.717) is 6.61 Å². The van der Waals surface area contributed by atoms with Crippen LogP contribution < -0.4 is 5.32 Å². The molecule has 2 heterocycles. The Morgan fingerprint density at radius 2 is 2.11 bits per heavy atom. The lowest BCUT2D eigenvalue weighted by molar-refractivity contribution is 0.184. The second-order valence-electron chi connectivity index (χ2n) is 3.73. The molecule has 0 amide bonds. The van der Waals surface area contributed by atoms with Crippen molar-refractivity contribution in [3.05, 3.63) is 10.7 Å². The van der Waals surface area contributed by atoms with Gasteiger partial charge in [0.25, 0.3) is 0 Å². The molecule has 0 aliphatic heterocycles. The van der Waals surface area contributed by atoms with E-state index in [1.807, 2.05) is 7.05 Å². The van der Waals surface area contributed by atoms with Gasteiger partial charge in [0.15, 0.2) is 5.01 Å². The Labute approximate surface area is 114 Å². The molecule has 18 heavy (non-hydrogen) atoms. The van der Waals surface area contributed by atoms with E-state index in [2.05, 4.69) is 27.4 Å². The van der Waals surface area contributed by atoms with Crippen LogP contribution in [-0.4, -0.2) is 29.3 Å². The summed E-state index contributed by atoms with van der Waals surface area (Å²) in [7, 11) is 3.53. The summed E-state index contributed by atoms with van der Waals surface area (Å²) in [5.74, 6) is 0. The number of nitrogens with zero attached hydrogens (tertiary/aromatic N) is 3.